The van der Waals surface area contributed by atoms with Gasteiger partial charge in [-0.15, -0.1) is 0 Å². The molecule has 0 spiro atoms. The molecule has 6 heteroatoms. The number of aliphatic hydroxyl groups is 2. The second-order valence-corrected chi connectivity index (χ2v) is 5.92. The van der Waals surface area contributed by atoms with E-state index in [9.17, 15) is 15.0 Å². The van der Waals surface area contributed by atoms with Gasteiger partial charge in [0.05, 0.1) is 6.20 Å². The third kappa shape index (κ3) is 4.32. The minimum atomic E-state index is -0.369. The number of likely N-dealkylation sites (tertiary alicyclic amines) is 1. The highest BCUT2D eigenvalue weighted by molar-refractivity contribution is 5.20. The molecule has 3 N–H and O–H groups in total. The topological polar surface area (TPSA) is 85.9 Å². The summed E-state index contributed by atoms with van der Waals surface area (Å²) in [4.78, 5) is 14.1. The summed E-state index contributed by atoms with van der Waals surface area (Å²) >= 11 is 0. The lowest BCUT2D eigenvalue weighted by Gasteiger charge is -2.36. The second-order valence-electron chi connectivity index (χ2n) is 5.92. The van der Waals surface area contributed by atoms with Crippen LogP contribution in [-0.4, -0.2) is 50.6 Å². The molecule has 1 aromatic heterocycles. The number of piperidine rings is 1. The number of hydrogen-bond donors (Lipinski definition) is 3. The Hall–Kier alpha value is -1.37. The molecule has 0 bridgehead atoms. The number of aromatic hydroxyl groups is 1. The molecule has 1 aliphatic heterocycles. The van der Waals surface area contributed by atoms with Crippen molar-refractivity contribution < 1.29 is 15.3 Å². The number of nitrogens with zero attached hydrogens (tertiary/aromatic N) is 2. The van der Waals surface area contributed by atoms with Crippen molar-refractivity contribution in [2.45, 2.75) is 51.2 Å². The molecule has 124 valence electrons. The maximum atomic E-state index is 11.7. The highest BCUT2D eigenvalue weighted by Crippen LogP contribution is 2.22. The number of rotatable bonds is 7. The first-order valence-corrected chi connectivity index (χ1v) is 8.03. The summed E-state index contributed by atoms with van der Waals surface area (Å²) < 4.78 is 1.84. The highest BCUT2D eigenvalue weighted by Gasteiger charge is 2.23. The monoisotopic (exact) mass is 310 g/mol. The van der Waals surface area contributed by atoms with Crippen molar-refractivity contribution in [2.75, 3.05) is 19.8 Å². The van der Waals surface area contributed by atoms with E-state index in [1.165, 1.54) is 18.7 Å². The lowest BCUT2D eigenvalue weighted by Crippen LogP contribution is -2.40. The van der Waals surface area contributed by atoms with E-state index in [1.54, 1.807) is 0 Å². The van der Waals surface area contributed by atoms with Gasteiger partial charge in [-0.05, 0) is 32.2 Å². The van der Waals surface area contributed by atoms with Gasteiger partial charge in [-0.25, -0.2) is 0 Å². The minimum absolute atomic E-state index is 0.0726. The molecule has 1 unspecified atom stereocenters. The van der Waals surface area contributed by atoms with Crippen LogP contribution in [0.25, 0.3) is 0 Å². The quantitative estimate of drug-likeness (QED) is 0.689. The Morgan fingerprint density at radius 3 is 2.77 bits per heavy atom. The molecule has 1 aliphatic rings. The number of hydrogen-bond acceptors (Lipinski definition) is 5. The number of pyridine rings is 1. The number of aromatic nitrogens is 1. The maximum Gasteiger partial charge on any atom is 0.223 e. The van der Waals surface area contributed by atoms with Crippen LogP contribution in [0, 0.1) is 0 Å². The van der Waals surface area contributed by atoms with Gasteiger partial charge in [0.1, 0.15) is 0 Å². The predicted molar refractivity (Wildman–Crippen MR) is 83.8 cm³/mol. The van der Waals surface area contributed by atoms with Crippen LogP contribution in [0.5, 0.6) is 5.75 Å². The van der Waals surface area contributed by atoms with E-state index in [0.717, 1.165) is 31.5 Å². The summed E-state index contributed by atoms with van der Waals surface area (Å²) in [5, 5.41) is 27.8. The van der Waals surface area contributed by atoms with Crippen molar-refractivity contribution in [1.29, 1.82) is 0 Å². The third-order valence-corrected chi connectivity index (χ3v) is 4.33. The SMILES string of the molecule is O=c1cc(CN2CCCCC2CCO)n(CCCO)cc1O. The van der Waals surface area contributed by atoms with E-state index in [0.29, 0.717) is 25.6 Å². The van der Waals surface area contributed by atoms with Gasteiger partial charge in [0.2, 0.25) is 5.43 Å². The van der Waals surface area contributed by atoms with Crippen LogP contribution in [0.15, 0.2) is 17.1 Å². The van der Waals surface area contributed by atoms with Gasteiger partial charge in [0, 0.05) is 44.1 Å². The van der Waals surface area contributed by atoms with Gasteiger partial charge < -0.3 is 19.9 Å². The first-order valence-electron chi connectivity index (χ1n) is 8.03. The number of aliphatic hydroxyl groups excluding tert-OH is 2. The van der Waals surface area contributed by atoms with E-state index < -0.39 is 0 Å². The van der Waals surface area contributed by atoms with E-state index in [1.807, 2.05) is 4.57 Å². The normalized spacial score (nSPS) is 19.5. The fraction of sp³-hybridized carbons (Fsp3) is 0.688. The number of aryl methyl sites for hydroxylation is 1. The molecule has 1 saturated heterocycles. The van der Waals surface area contributed by atoms with E-state index in [2.05, 4.69) is 4.90 Å². The maximum absolute atomic E-state index is 11.7. The molecular weight excluding hydrogens is 284 g/mol. The summed E-state index contributed by atoms with van der Waals surface area (Å²) in [6.45, 7) is 2.40. The summed E-state index contributed by atoms with van der Waals surface area (Å²) in [5.41, 5.74) is 0.479. The molecule has 1 atom stereocenters. The Kier molecular flexibility index (Phi) is 6.42. The van der Waals surface area contributed by atoms with Crippen LogP contribution < -0.4 is 5.43 Å². The van der Waals surface area contributed by atoms with Gasteiger partial charge in [-0.3, -0.25) is 9.69 Å². The summed E-state index contributed by atoms with van der Waals surface area (Å²) in [7, 11) is 0. The molecule has 22 heavy (non-hydrogen) atoms. The van der Waals surface area contributed by atoms with Crippen LogP contribution >= 0.6 is 0 Å². The Balaban J connectivity index is 2.18. The molecule has 0 aromatic carbocycles. The van der Waals surface area contributed by atoms with Crippen molar-refractivity contribution in [1.82, 2.24) is 9.47 Å². The molecule has 0 amide bonds. The smallest absolute Gasteiger partial charge is 0.223 e. The summed E-state index contributed by atoms with van der Waals surface area (Å²) in [5.74, 6) is -0.257. The summed E-state index contributed by atoms with van der Waals surface area (Å²) in [6.07, 6.45) is 6.15. The van der Waals surface area contributed by atoms with E-state index >= 15 is 0 Å². The molecule has 2 rings (SSSR count). The Labute approximate surface area is 130 Å². The zero-order chi connectivity index (χ0) is 15.9. The molecule has 1 fully saturated rings. The van der Waals surface area contributed by atoms with Gasteiger partial charge in [0.15, 0.2) is 5.75 Å². The third-order valence-electron chi connectivity index (χ3n) is 4.33. The first kappa shape index (κ1) is 17.0. The minimum Gasteiger partial charge on any atom is -0.503 e. The van der Waals surface area contributed by atoms with Crippen LogP contribution in [-0.2, 0) is 13.1 Å². The molecule has 2 heterocycles. The average molecular weight is 310 g/mol. The van der Waals surface area contributed by atoms with Crippen molar-refractivity contribution in [3.05, 3.63) is 28.2 Å². The summed E-state index contributed by atoms with van der Waals surface area (Å²) in [6, 6.07) is 1.83. The Bertz CT molecular complexity index is 527. The zero-order valence-corrected chi connectivity index (χ0v) is 12.9. The van der Waals surface area contributed by atoms with Crippen molar-refractivity contribution in [3.63, 3.8) is 0 Å². The first-order chi connectivity index (χ1) is 10.7. The standard InChI is InChI=1S/C16H26N2O4/c19-8-3-7-18-12-16(22)15(21)10-14(18)11-17-6-2-1-4-13(17)5-9-20/h10,12-13,19-20,22H,1-9,11H2. The predicted octanol–water partition coefficient (Wildman–Crippen LogP) is 0.673. The van der Waals surface area contributed by atoms with E-state index in [-0.39, 0.29) is 24.4 Å². The molecule has 0 saturated carbocycles. The lowest BCUT2D eigenvalue weighted by atomic mass is 9.99. The van der Waals surface area contributed by atoms with Gasteiger partial charge in [-0.2, -0.15) is 0 Å². The highest BCUT2D eigenvalue weighted by atomic mass is 16.3. The average Bonchev–Trinajstić information content (AvgIpc) is 2.51. The van der Waals surface area contributed by atoms with Crippen molar-refractivity contribution in [3.8, 4) is 5.75 Å². The van der Waals surface area contributed by atoms with Crippen LogP contribution in [0.1, 0.15) is 37.8 Å². The fourth-order valence-corrected chi connectivity index (χ4v) is 3.14. The molecule has 0 aliphatic carbocycles. The lowest BCUT2D eigenvalue weighted by molar-refractivity contribution is 0.109. The van der Waals surface area contributed by atoms with Crippen LogP contribution in [0.3, 0.4) is 0 Å². The van der Waals surface area contributed by atoms with Crippen LogP contribution in [0.4, 0.5) is 0 Å². The van der Waals surface area contributed by atoms with Gasteiger partial charge in [0.25, 0.3) is 0 Å². The van der Waals surface area contributed by atoms with Crippen molar-refractivity contribution in [2.24, 2.45) is 0 Å². The zero-order valence-electron chi connectivity index (χ0n) is 12.9. The van der Waals surface area contributed by atoms with E-state index in [4.69, 9.17) is 5.11 Å². The van der Waals surface area contributed by atoms with Gasteiger partial charge in [-0.1, -0.05) is 6.42 Å². The van der Waals surface area contributed by atoms with Crippen molar-refractivity contribution >= 4 is 0 Å². The Morgan fingerprint density at radius 1 is 1.23 bits per heavy atom. The second kappa shape index (κ2) is 8.31. The molecule has 1 aromatic rings. The molecular formula is C16H26N2O4. The molecule has 0 radical (unpaired) electrons. The largest absolute Gasteiger partial charge is 0.503 e. The Morgan fingerprint density at radius 2 is 2.05 bits per heavy atom. The molecule has 6 nitrogen and oxygen atoms in total. The van der Waals surface area contributed by atoms with Gasteiger partial charge >= 0.3 is 0 Å². The fourth-order valence-electron chi connectivity index (χ4n) is 3.14. The van der Waals surface area contributed by atoms with Crippen LogP contribution in [0.2, 0.25) is 0 Å².